The molecule has 2 saturated heterocycles. The van der Waals surface area contributed by atoms with Crippen molar-refractivity contribution in [1.82, 2.24) is 0 Å². The van der Waals surface area contributed by atoms with Crippen LogP contribution < -0.4 is 9.80 Å². The Kier molecular flexibility index (Phi) is 8.18. The first kappa shape index (κ1) is 29.8. The predicted molar refractivity (Wildman–Crippen MR) is 171 cm³/mol. The van der Waals surface area contributed by atoms with Crippen LogP contribution in [-0.4, -0.2) is 22.9 Å². The third-order valence-electron chi connectivity index (χ3n) is 8.85. The molecule has 8 nitrogen and oxygen atoms in total. The summed E-state index contributed by atoms with van der Waals surface area (Å²) < 4.78 is 15.7. The molecule has 4 aromatic carbocycles. The fraction of sp³-hybridized carbons (Fsp3) is 0.273. The molecular formula is C33H29Cl2FN4O4. The van der Waals surface area contributed by atoms with Gasteiger partial charge in [0.25, 0.3) is 11.4 Å². The van der Waals surface area contributed by atoms with E-state index in [1.807, 2.05) is 54.6 Å². The van der Waals surface area contributed by atoms with Gasteiger partial charge in [0.15, 0.2) is 0 Å². The average Bonchev–Trinajstić information content (AvgIpc) is 3.47. The molecule has 226 valence electrons. The Morgan fingerprint density at radius 1 is 0.705 bits per heavy atom. The molecule has 2 aliphatic heterocycles. The van der Waals surface area contributed by atoms with Gasteiger partial charge in [-0.25, -0.2) is 4.39 Å². The van der Waals surface area contributed by atoms with E-state index < -0.39 is 15.5 Å². The zero-order chi connectivity index (χ0) is 31.0. The summed E-state index contributed by atoms with van der Waals surface area (Å²) in [5, 5.41) is 23.5. The molecule has 4 aromatic rings. The van der Waals surface area contributed by atoms with Gasteiger partial charge < -0.3 is 9.80 Å². The van der Waals surface area contributed by atoms with Crippen molar-refractivity contribution in [3.8, 4) is 0 Å². The van der Waals surface area contributed by atoms with Crippen molar-refractivity contribution in [2.24, 2.45) is 0 Å². The number of hydrogen-bond acceptors (Lipinski definition) is 6. The normalized spacial score (nSPS) is 19.6. The third-order valence-corrected chi connectivity index (χ3v) is 9.49. The summed E-state index contributed by atoms with van der Waals surface area (Å²) in [5.41, 5.74) is 2.31. The smallest absolute Gasteiger partial charge is 0.288 e. The van der Waals surface area contributed by atoms with Crippen LogP contribution in [0.15, 0.2) is 91.0 Å². The molecule has 44 heavy (non-hydrogen) atoms. The second-order valence-electron chi connectivity index (χ2n) is 11.3. The van der Waals surface area contributed by atoms with E-state index in [1.54, 1.807) is 12.1 Å². The Labute approximate surface area is 263 Å². The van der Waals surface area contributed by atoms with Crippen molar-refractivity contribution in [2.45, 2.75) is 43.4 Å². The van der Waals surface area contributed by atoms with Crippen LogP contribution in [-0.2, 0) is 5.67 Å². The molecule has 2 aliphatic rings. The van der Waals surface area contributed by atoms with Crippen molar-refractivity contribution in [3.05, 3.63) is 138 Å². The molecule has 0 saturated carbocycles. The minimum absolute atomic E-state index is 0.0589. The topological polar surface area (TPSA) is 92.8 Å². The van der Waals surface area contributed by atoms with Crippen LogP contribution in [0.5, 0.6) is 0 Å². The Morgan fingerprint density at radius 3 is 1.66 bits per heavy atom. The van der Waals surface area contributed by atoms with Gasteiger partial charge in [-0.1, -0.05) is 65.7 Å². The zero-order valence-electron chi connectivity index (χ0n) is 23.6. The summed E-state index contributed by atoms with van der Waals surface area (Å²) in [6.45, 7) is 1.14. The number of hydrogen-bond donors (Lipinski definition) is 0. The van der Waals surface area contributed by atoms with Gasteiger partial charge in [-0.15, -0.1) is 0 Å². The molecule has 2 atom stereocenters. The number of halogens is 3. The summed E-state index contributed by atoms with van der Waals surface area (Å²) in [5.74, 6) is 0. The molecule has 0 bridgehead atoms. The minimum atomic E-state index is -1.35. The van der Waals surface area contributed by atoms with Crippen LogP contribution in [0.4, 0.5) is 27.1 Å². The van der Waals surface area contributed by atoms with Gasteiger partial charge in [0.05, 0.1) is 21.9 Å². The number of benzene rings is 4. The number of alkyl halides is 1. The summed E-state index contributed by atoms with van der Waals surface area (Å²) in [6, 6.07) is 26.5. The highest BCUT2D eigenvalue weighted by Gasteiger charge is 2.38. The lowest BCUT2D eigenvalue weighted by atomic mass is 9.86. The quantitative estimate of drug-likeness (QED) is 0.148. The predicted octanol–water partition coefficient (Wildman–Crippen LogP) is 9.36. The van der Waals surface area contributed by atoms with Gasteiger partial charge in [-0.2, -0.15) is 0 Å². The van der Waals surface area contributed by atoms with Gasteiger partial charge in [0.2, 0.25) is 0 Å². The number of anilines is 2. The monoisotopic (exact) mass is 634 g/mol. The van der Waals surface area contributed by atoms with Crippen molar-refractivity contribution in [3.63, 3.8) is 0 Å². The molecular weight excluding hydrogens is 606 g/mol. The largest absolute Gasteiger partial charge is 0.371 e. The maximum Gasteiger partial charge on any atom is 0.288 e. The van der Waals surface area contributed by atoms with Gasteiger partial charge in [0.1, 0.15) is 15.7 Å². The van der Waals surface area contributed by atoms with Crippen molar-refractivity contribution in [1.29, 1.82) is 0 Å². The van der Waals surface area contributed by atoms with Gasteiger partial charge >= 0.3 is 0 Å². The zero-order valence-corrected chi connectivity index (χ0v) is 25.1. The second kappa shape index (κ2) is 12.1. The van der Waals surface area contributed by atoms with Crippen LogP contribution in [0.25, 0.3) is 0 Å². The summed E-state index contributed by atoms with van der Waals surface area (Å²) >= 11 is 12.2. The molecule has 0 radical (unpaired) electrons. The molecule has 11 heteroatoms. The first-order chi connectivity index (χ1) is 21.1. The molecule has 2 fully saturated rings. The number of nitrogens with zero attached hydrogens (tertiary/aromatic N) is 4. The number of rotatable bonds is 7. The van der Waals surface area contributed by atoms with Crippen LogP contribution >= 0.6 is 23.2 Å². The Hall–Kier alpha value is -4.21. The van der Waals surface area contributed by atoms with Crippen LogP contribution in [0.3, 0.4) is 0 Å². The fourth-order valence-electron chi connectivity index (χ4n) is 6.56. The minimum Gasteiger partial charge on any atom is -0.371 e. The SMILES string of the molecule is O=[N+]([O-])c1cc([C@H]2CC[C@H](c3ccc(Cl)c([N+](=O)[O-])c3)N2c2ccc(N3CCC(F)(c4ccccc4)CC3)cc2)ccc1Cl. The van der Waals surface area contributed by atoms with Crippen molar-refractivity contribution in [2.75, 3.05) is 22.9 Å². The summed E-state index contributed by atoms with van der Waals surface area (Å²) in [6.07, 6.45) is 2.09. The van der Waals surface area contributed by atoms with Crippen molar-refractivity contribution < 1.29 is 14.2 Å². The van der Waals surface area contributed by atoms with E-state index in [4.69, 9.17) is 23.2 Å². The van der Waals surface area contributed by atoms with E-state index in [-0.39, 0.29) is 33.5 Å². The Balaban J connectivity index is 1.31. The highest BCUT2D eigenvalue weighted by Crippen LogP contribution is 2.49. The van der Waals surface area contributed by atoms with Crippen LogP contribution in [0, 0.1) is 20.2 Å². The summed E-state index contributed by atoms with van der Waals surface area (Å²) in [7, 11) is 0. The van der Waals surface area contributed by atoms with Gasteiger partial charge in [0, 0.05) is 49.4 Å². The maximum atomic E-state index is 15.7. The lowest BCUT2D eigenvalue weighted by Gasteiger charge is -2.38. The van der Waals surface area contributed by atoms with Gasteiger partial charge in [-0.05, 0) is 65.9 Å². The Morgan fingerprint density at radius 2 is 1.18 bits per heavy atom. The van der Waals surface area contributed by atoms with E-state index in [0.717, 1.165) is 22.5 Å². The highest BCUT2D eigenvalue weighted by molar-refractivity contribution is 6.33. The number of piperidine rings is 1. The van der Waals surface area contributed by atoms with Gasteiger partial charge in [-0.3, -0.25) is 20.2 Å². The second-order valence-corrected chi connectivity index (χ2v) is 12.1. The summed E-state index contributed by atoms with van der Waals surface area (Å²) in [4.78, 5) is 26.7. The lowest BCUT2D eigenvalue weighted by molar-refractivity contribution is -0.384. The number of nitro benzene ring substituents is 2. The molecule has 0 aromatic heterocycles. The lowest BCUT2D eigenvalue weighted by Crippen LogP contribution is -2.40. The maximum absolute atomic E-state index is 15.7. The van der Waals surface area contributed by atoms with E-state index in [9.17, 15) is 20.2 Å². The first-order valence-electron chi connectivity index (χ1n) is 14.4. The number of nitro groups is 2. The standard InChI is InChI=1S/C33H29Cl2FN4O4/c34-27-12-6-22(20-31(27)39(41)42)29-14-15-30(23-7-13-28(35)32(21-23)40(43)44)38(29)26-10-8-25(9-11-26)37-18-16-33(36,17-19-37)24-4-2-1-3-5-24/h1-13,20-21,29-30H,14-19H2/t29-,30-/m1/s1. The average molecular weight is 636 g/mol. The molecule has 0 N–H and O–H groups in total. The first-order valence-corrected chi connectivity index (χ1v) is 15.2. The van der Waals surface area contributed by atoms with E-state index in [1.165, 1.54) is 24.3 Å². The van der Waals surface area contributed by atoms with E-state index in [0.29, 0.717) is 44.3 Å². The molecule has 6 rings (SSSR count). The molecule has 0 spiro atoms. The van der Waals surface area contributed by atoms with E-state index >= 15 is 4.39 Å². The highest BCUT2D eigenvalue weighted by atomic mass is 35.5. The Bertz CT molecular complexity index is 1630. The van der Waals surface area contributed by atoms with E-state index in [2.05, 4.69) is 9.80 Å². The fourth-order valence-corrected chi connectivity index (χ4v) is 6.93. The molecule has 0 unspecified atom stereocenters. The third kappa shape index (κ3) is 5.69. The molecule has 2 heterocycles. The van der Waals surface area contributed by atoms with Crippen LogP contribution in [0.2, 0.25) is 10.0 Å². The molecule has 0 aliphatic carbocycles. The van der Waals surface area contributed by atoms with Crippen molar-refractivity contribution >= 4 is 46.0 Å². The van der Waals surface area contributed by atoms with Crippen LogP contribution in [0.1, 0.15) is 54.5 Å². The molecule has 0 amide bonds.